The topological polar surface area (TPSA) is 29.9 Å². The van der Waals surface area contributed by atoms with Crippen LogP contribution in [0.15, 0.2) is 12.4 Å². The van der Waals surface area contributed by atoms with Crippen molar-refractivity contribution in [1.82, 2.24) is 15.1 Å². The zero-order chi connectivity index (χ0) is 13.6. The van der Waals surface area contributed by atoms with Crippen molar-refractivity contribution in [1.29, 1.82) is 0 Å². The predicted octanol–water partition coefficient (Wildman–Crippen LogP) is 3.14. The van der Waals surface area contributed by atoms with Crippen molar-refractivity contribution in [3.63, 3.8) is 0 Å². The van der Waals surface area contributed by atoms with E-state index in [2.05, 4.69) is 51.2 Å². The summed E-state index contributed by atoms with van der Waals surface area (Å²) in [7, 11) is 1.99. The van der Waals surface area contributed by atoms with Gasteiger partial charge in [-0.05, 0) is 29.7 Å². The Hall–Kier alpha value is -0.830. The molecule has 0 aliphatic heterocycles. The van der Waals surface area contributed by atoms with Gasteiger partial charge in [-0.1, -0.05) is 34.6 Å². The number of rotatable bonds is 5. The average molecular weight is 249 g/mol. The van der Waals surface area contributed by atoms with Gasteiger partial charge in [-0.2, -0.15) is 5.10 Å². The van der Waals surface area contributed by atoms with Crippen molar-refractivity contribution in [2.75, 3.05) is 6.54 Å². The Morgan fingerprint density at radius 3 is 2.33 bits per heavy atom. The molecule has 0 saturated heterocycles. The first-order valence-corrected chi connectivity index (χ1v) is 7.04. The molecule has 0 aromatic carbocycles. The van der Waals surface area contributed by atoms with Gasteiger partial charge in [0.25, 0.3) is 0 Å². The fourth-order valence-electron chi connectivity index (χ4n) is 3.41. The van der Waals surface area contributed by atoms with Gasteiger partial charge in [0.15, 0.2) is 0 Å². The number of aryl methyl sites for hydroxylation is 1. The van der Waals surface area contributed by atoms with Crippen LogP contribution >= 0.6 is 0 Å². The molecule has 18 heavy (non-hydrogen) atoms. The third-order valence-electron chi connectivity index (χ3n) is 5.16. The maximum absolute atomic E-state index is 4.33. The van der Waals surface area contributed by atoms with Crippen molar-refractivity contribution in [2.45, 2.75) is 47.1 Å². The van der Waals surface area contributed by atoms with E-state index in [-0.39, 0.29) is 0 Å². The van der Waals surface area contributed by atoms with Crippen LogP contribution in [0, 0.1) is 16.7 Å². The van der Waals surface area contributed by atoms with Crippen LogP contribution in [0.3, 0.4) is 0 Å². The Balaban J connectivity index is 2.22. The number of nitrogens with one attached hydrogen (secondary N) is 1. The SMILES string of the molecule is CCCNC(c1cnn(C)c1)C1C(C)(C)C1(C)C. The summed E-state index contributed by atoms with van der Waals surface area (Å²) in [6.07, 6.45) is 5.33. The maximum atomic E-state index is 4.33. The molecule has 1 unspecified atom stereocenters. The van der Waals surface area contributed by atoms with Gasteiger partial charge >= 0.3 is 0 Å². The Morgan fingerprint density at radius 2 is 1.94 bits per heavy atom. The molecule has 1 N–H and O–H groups in total. The van der Waals surface area contributed by atoms with Crippen LogP contribution in [0.4, 0.5) is 0 Å². The highest BCUT2D eigenvalue weighted by molar-refractivity contribution is 5.24. The third-order valence-corrected chi connectivity index (χ3v) is 5.16. The standard InChI is InChI=1S/C15H27N3/c1-7-8-16-12(11-9-17-18(6)10-11)13-14(2,3)15(13,4)5/h9-10,12-13,16H,7-8H2,1-6H3. The lowest BCUT2D eigenvalue weighted by Crippen LogP contribution is -2.25. The summed E-state index contributed by atoms with van der Waals surface area (Å²) in [5.41, 5.74) is 2.12. The Labute approximate surface area is 111 Å². The lowest BCUT2D eigenvalue weighted by molar-refractivity contribution is 0.410. The second-order valence-electron chi connectivity index (χ2n) is 6.80. The first-order valence-electron chi connectivity index (χ1n) is 7.04. The zero-order valence-corrected chi connectivity index (χ0v) is 12.6. The molecule has 1 aromatic rings. The molecule has 0 bridgehead atoms. The minimum atomic E-state index is 0.397. The highest BCUT2D eigenvalue weighted by Gasteiger charge is 2.67. The highest BCUT2D eigenvalue weighted by atomic mass is 15.2. The summed E-state index contributed by atoms with van der Waals surface area (Å²) >= 11 is 0. The van der Waals surface area contributed by atoms with Crippen LogP contribution in [0.1, 0.15) is 52.6 Å². The van der Waals surface area contributed by atoms with E-state index < -0.39 is 0 Å². The maximum Gasteiger partial charge on any atom is 0.0537 e. The predicted molar refractivity (Wildman–Crippen MR) is 75.3 cm³/mol. The van der Waals surface area contributed by atoms with Crippen molar-refractivity contribution < 1.29 is 0 Å². The van der Waals surface area contributed by atoms with Crippen LogP contribution < -0.4 is 5.32 Å². The first kappa shape index (κ1) is 13.6. The Kier molecular flexibility index (Phi) is 3.30. The van der Waals surface area contributed by atoms with Crippen LogP contribution in [0.25, 0.3) is 0 Å². The summed E-state index contributed by atoms with van der Waals surface area (Å²) in [6.45, 7) is 12.8. The molecule has 1 atom stereocenters. The van der Waals surface area contributed by atoms with Gasteiger partial charge in [-0.15, -0.1) is 0 Å². The van der Waals surface area contributed by atoms with Crippen LogP contribution in [0.2, 0.25) is 0 Å². The molecule has 102 valence electrons. The van der Waals surface area contributed by atoms with Crippen molar-refractivity contribution in [2.24, 2.45) is 23.8 Å². The molecule has 0 radical (unpaired) electrons. The van der Waals surface area contributed by atoms with Crippen LogP contribution in [0.5, 0.6) is 0 Å². The van der Waals surface area contributed by atoms with Gasteiger partial charge in [0.1, 0.15) is 0 Å². The van der Waals surface area contributed by atoms with Crippen molar-refractivity contribution >= 4 is 0 Å². The highest BCUT2D eigenvalue weighted by Crippen LogP contribution is 2.72. The second kappa shape index (κ2) is 4.37. The fraction of sp³-hybridized carbons (Fsp3) is 0.800. The Bertz CT molecular complexity index is 403. The molecular weight excluding hydrogens is 222 g/mol. The van der Waals surface area contributed by atoms with E-state index in [1.807, 2.05) is 17.9 Å². The summed E-state index contributed by atoms with van der Waals surface area (Å²) in [5, 5.41) is 8.05. The molecular formula is C15H27N3. The smallest absolute Gasteiger partial charge is 0.0537 e. The lowest BCUT2D eigenvalue weighted by atomic mass is 9.99. The molecule has 0 amide bonds. The third kappa shape index (κ3) is 1.99. The van der Waals surface area contributed by atoms with Crippen LogP contribution in [-0.2, 0) is 7.05 Å². The van der Waals surface area contributed by atoms with Gasteiger partial charge in [-0.3, -0.25) is 4.68 Å². The summed E-state index contributed by atoms with van der Waals surface area (Å²) in [5.74, 6) is 0.681. The molecule has 1 fully saturated rings. The van der Waals surface area contributed by atoms with E-state index in [0.717, 1.165) is 6.54 Å². The van der Waals surface area contributed by atoms with Crippen LogP contribution in [-0.4, -0.2) is 16.3 Å². The van der Waals surface area contributed by atoms with Crippen molar-refractivity contribution in [3.05, 3.63) is 18.0 Å². The number of nitrogens with zero attached hydrogens (tertiary/aromatic N) is 2. The van der Waals surface area contributed by atoms with E-state index in [4.69, 9.17) is 0 Å². The summed E-state index contributed by atoms with van der Waals surface area (Å²) < 4.78 is 1.90. The molecule has 3 heteroatoms. The molecule has 1 aliphatic rings. The normalized spacial score (nSPS) is 23.0. The van der Waals surface area contributed by atoms with Gasteiger partial charge in [0.05, 0.1) is 6.20 Å². The molecule has 1 aliphatic carbocycles. The largest absolute Gasteiger partial charge is 0.310 e. The summed E-state index contributed by atoms with van der Waals surface area (Å²) in [4.78, 5) is 0. The first-order chi connectivity index (χ1) is 8.32. The molecule has 1 heterocycles. The molecule has 3 nitrogen and oxygen atoms in total. The minimum Gasteiger partial charge on any atom is -0.310 e. The number of aromatic nitrogens is 2. The van der Waals surface area contributed by atoms with E-state index in [0.29, 0.717) is 22.8 Å². The van der Waals surface area contributed by atoms with E-state index in [1.165, 1.54) is 12.0 Å². The van der Waals surface area contributed by atoms with E-state index in [1.54, 1.807) is 0 Å². The van der Waals surface area contributed by atoms with Gasteiger partial charge in [0.2, 0.25) is 0 Å². The quantitative estimate of drug-likeness (QED) is 0.869. The number of hydrogen-bond donors (Lipinski definition) is 1. The Morgan fingerprint density at radius 1 is 1.33 bits per heavy atom. The summed E-state index contributed by atoms with van der Waals surface area (Å²) in [6, 6.07) is 0.434. The average Bonchev–Trinajstić information content (AvgIpc) is 2.64. The monoisotopic (exact) mass is 249 g/mol. The molecule has 1 aromatic heterocycles. The number of hydrogen-bond acceptors (Lipinski definition) is 2. The van der Waals surface area contributed by atoms with E-state index in [9.17, 15) is 0 Å². The lowest BCUT2D eigenvalue weighted by Gasteiger charge is -2.19. The van der Waals surface area contributed by atoms with Gasteiger partial charge in [-0.25, -0.2) is 0 Å². The van der Waals surface area contributed by atoms with E-state index >= 15 is 0 Å². The zero-order valence-electron chi connectivity index (χ0n) is 12.6. The minimum absolute atomic E-state index is 0.397. The molecule has 0 spiro atoms. The molecule has 2 rings (SSSR count). The van der Waals surface area contributed by atoms with Gasteiger partial charge < -0.3 is 5.32 Å². The second-order valence-corrected chi connectivity index (χ2v) is 6.80. The molecule has 1 saturated carbocycles. The fourth-order valence-corrected chi connectivity index (χ4v) is 3.41. The van der Waals surface area contributed by atoms with Gasteiger partial charge in [0, 0.05) is 24.8 Å². The van der Waals surface area contributed by atoms with Crippen molar-refractivity contribution in [3.8, 4) is 0 Å².